The van der Waals surface area contributed by atoms with E-state index in [-0.39, 0.29) is 5.69 Å². The normalized spacial score (nSPS) is 10.9. The minimum atomic E-state index is -0.955. The Balaban J connectivity index is 1.43. The average molecular weight is 500 g/mol. The highest BCUT2D eigenvalue weighted by Gasteiger charge is 2.13. The van der Waals surface area contributed by atoms with Crippen molar-refractivity contribution in [3.05, 3.63) is 122 Å². The molecule has 0 saturated carbocycles. The van der Waals surface area contributed by atoms with Crippen molar-refractivity contribution >= 4 is 46.5 Å². The number of nitrogens with zero attached hydrogens (tertiary/aromatic N) is 1. The lowest BCUT2D eigenvalue weighted by molar-refractivity contribution is 0.0685. The Labute approximate surface area is 207 Å². The SMILES string of the molecule is O=C(O)c1cc(Cc2ccc(NCc3ccc(Cl)cc3Cl)cc2)cn1Cc1cccc(Cl)c1. The van der Waals surface area contributed by atoms with Gasteiger partial charge in [0.25, 0.3) is 0 Å². The summed E-state index contributed by atoms with van der Waals surface area (Å²) in [7, 11) is 0. The van der Waals surface area contributed by atoms with Crippen LogP contribution in [0.25, 0.3) is 0 Å². The number of hydrogen-bond donors (Lipinski definition) is 2. The van der Waals surface area contributed by atoms with Crippen molar-refractivity contribution in [2.45, 2.75) is 19.5 Å². The van der Waals surface area contributed by atoms with Gasteiger partial charge >= 0.3 is 5.97 Å². The van der Waals surface area contributed by atoms with Gasteiger partial charge in [0.2, 0.25) is 0 Å². The second kappa shape index (κ2) is 10.3. The molecular formula is C26H21Cl3N2O2. The molecule has 7 heteroatoms. The second-order valence-corrected chi connectivity index (χ2v) is 9.04. The first-order chi connectivity index (χ1) is 15.9. The van der Waals surface area contributed by atoms with Crippen LogP contribution in [0.1, 0.15) is 32.7 Å². The molecule has 168 valence electrons. The van der Waals surface area contributed by atoms with Crippen molar-refractivity contribution in [1.82, 2.24) is 4.57 Å². The number of benzene rings is 3. The van der Waals surface area contributed by atoms with Gasteiger partial charge in [-0.2, -0.15) is 0 Å². The molecule has 33 heavy (non-hydrogen) atoms. The summed E-state index contributed by atoms with van der Waals surface area (Å²) >= 11 is 18.2. The third-order valence-electron chi connectivity index (χ3n) is 5.27. The third-order valence-corrected chi connectivity index (χ3v) is 6.10. The van der Waals surface area contributed by atoms with Crippen LogP contribution in [0.15, 0.2) is 79.0 Å². The van der Waals surface area contributed by atoms with E-state index in [1.165, 1.54) is 0 Å². The number of halogens is 3. The summed E-state index contributed by atoms with van der Waals surface area (Å²) in [6, 6.07) is 22.7. The lowest BCUT2D eigenvalue weighted by Gasteiger charge is -2.09. The van der Waals surface area contributed by atoms with Gasteiger partial charge < -0.3 is 15.0 Å². The number of nitrogens with one attached hydrogen (secondary N) is 1. The van der Waals surface area contributed by atoms with Gasteiger partial charge in [-0.15, -0.1) is 0 Å². The third kappa shape index (κ3) is 6.11. The molecule has 1 heterocycles. The average Bonchev–Trinajstić information content (AvgIpc) is 3.16. The quantitative estimate of drug-likeness (QED) is 0.265. The predicted octanol–water partition coefficient (Wildman–Crippen LogP) is 7.40. The van der Waals surface area contributed by atoms with Crippen LogP contribution in [0.3, 0.4) is 0 Å². The van der Waals surface area contributed by atoms with Gasteiger partial charge in [-0.25, -0.2) is 4.79 Å². The number of aromatic nitrogens is 1. The first-order valence-electron chi connectivity index (χ1n) is 10.3. The van der Waals surface area contributed by atoms with E-state index < -0.39 is 5.97 Å². The molecule has 0 saturated heterocycles. The van der Waals surface area contributed by atoms with Gasteiger partial charge in [0.1, 0.15) is 5.69 Å². The maximum atomic E-state index is 11.7. The molecular weight excluding hydrogens is 479 g/mol. The molecule has 2 N–H and O–H groups in total. The Morgan fingerprint density at radius 2 is 1.61 bits per heavy atom. The fourth-order valence-electron chi connectivity index (χ4n) is 3.65. The summed E-state index contributed by atoms with van der Waals surface area (Å²) < 4.78 is 1.75. The monoisotopic (exact) mass is 498 g/mol. The van der Waals surface area contributed by atoms with Crippen LogP contribution in [0.5, 0.6) is 0 Å². The standard InChI is InChI=1S/C26H21Cl3N2O2/c27-21-3-1-2-18(11-21)15-31-16-19(12-25(31)26(32)33)10-17-4-8-23(9-5-17)30-14-20-6-7-22(28)13-24(20)29/h1-9,11-13,16,30H,10,14-15H2,(H,32,33). The molecule has 4 rings (SSSR count). The number of anilines is 1. The van der Waals surface area contributed by atoms with Crippen LogP contribution in [0.2, 0.25) is 15.1 Å². The lowest BCUT2D eigenvalue weighted by Crippen LogP contribution is -2.08. The zero-order valence-corrected chi connectivity index (χ0v) is 19.8. The number of carboxylic acids is 1. The van der Waals surface area contributed by atoms with Crippen LogP contribution in [-0.4, -0.2) is 15.6 Å². The summed E-state index contributed by atoms with van der Waals surface area (Å²) in [5.74, 6) is -0.955. The predicted molar refractivity (Wildman–Crippen MR) is 135 cm³/mol. The van der Waals surface area contributed by atoms with E-state index in [4.69, 9.17) is 34.8 Å². The summed E-state index contributed by atoms with van der Waals surface area (Å²) in [5, 5.41) is 14.9. The molecule has 0 unspecified atom stereocenters. The van der Waals surface area contributed by atoms with Crippen LogP contribution < -0.4 is 5.32 Å². The Bertz CT molecular complexity index is 1280. The Kier molecular flexibility index (Phi) is 7.29. The van der Waals surface area contributed by atoms with E-state index in [2.05, 4.69) is 5.32 Å². The zero-order valence-electron chi connectivity index (χ0n) is 17.6. The largest absolute Gasteiger partial charge is 0.477 e. The van der Waals surface area contributed by atoms with E-state index in [0.29, 0.717) is 34.6 Å². The van der Waals surface area contributed by atoms with Gasteiger partial charge in [0.15, 0.2) is 0 Å². The minimum absolute atomic E-state index is 0.253. The first-order valence-corrected chi connectivity index (χ1v) is 11.4. The minimum Gasteiger partial charge on any atom is -0.477 e. The Morgan fingerprint density at radius 3 is 2.30 bits per heavy atom. The second-order valence-electron chi connectivity index (χ2n) is 7.76. The van der Waals surface area contributed by atoms with E-state index in [1.54, 1.807) is 22.8 Å². The van der Waals surface area contributed by atoms with Crippen LogP contribution in [-0.2, 0) is 19.5 Å². The summed E-state index contributed by atoms with van der Waals surface area (Å²) in [5.41, 5.74) is 5.15. The number of rotatable bonds is 8. The molecule has 1 aromatic heterocycles. The topological polar surface area (TPSA) is 54.3 Å². The molecule has 0 amide bonds. The molecule has 0 atom stereocenters. The van der Waals surface area contributed by atoms with E-state index in [0.717, 1.165) is 27.9 Å². The van der Waals surface area contributed by atoms with E-state index >= 15 is 0 Å². The van der Waals surface area contributed by atoms with Gasteiger partial charge in [0.05, 0.1) is 0 Å². The van der Waals surface area contributed by atoms with Gasteiger partial charge in [0, 0.05) is 40.0 Å². The molecule has 0 aliphatic rings. The molecule has 3 aromatic carbocycles. The van der Waals surface area contributed by atoms with Crippen LogP contribution in [0.4, 0.5) is 5.69 Å². The van der Waals surface area contributed by atoms with Crippen molar-refractivity contribution < 1.29 is 9.90 Å². The van der Waals surface area contributed by atoms with Crippen molar-refractivity contribution in [2.24, 2.45) is 0 Å². The number of carboxylic acid groups (broad SMARTS) is 1. The molecule has 4 nitrogen and oxygen atoms in total. The molecule has 0 radical (unpaired) electrons. The molecule has 0 fully saturated rings. The fraction of sp³-hybridized carbons (Fsp3) is 0.115. The summed E-state index contributed by atoms with van der Waals surface area (Å²) in [6.07, 6.45) is 2.52. The number of aromatic carboxylic acids is 1. The molecule has 0 spiro atoms. The fourth-order valence-corrected chi connectivity index (χ4v) is 4.34. The van der Waals surface area contributed by atoms with Crippen molar-refractivity contribution in [3.8, 4) is 0 Å². The molecule has 4 aromatic rings. The molecule has 0 aliphatic heterocycles. The van der Waals surface area contributed by atoms with Gasteiger partial charge in [-0.3, -0.25) is 0 Å². The maximum Gasteiger partial charge on any atom is 0.352 e. The molecule has 0 bridgehead atoms. The zero-order chi connectivity index (χ0) is 23.4. The van der Waals surface area contributed by atoms with Gasteiger partial charge in [-0.1, -0.05) is 65.1 Å². The smallest absolute Gasteiger partial charge is 0.352 e. The number of hydrogen-bond acceptors (Lipinski definition) is 2. The van der Waals surface area contributed by atoms with Crippen LogP contribution >= 0.6 is 34.8 Å². The van der Waals surface area contributed by atoms with E-state index in [1.807, 2.05) is 60.8 Å². The van der Waals surface area contributed by atoms with Crippen molar-refractivity contribution in [2.75, 3.05) is 5.32 Å². The highest BCUT2D eigenvalue weighted by atomic mass is 35.5. The number of carbonyl (C=O) groups is 1. The van der Waals surface area contributed by atoms with Crippen molar-refractivity contribution in [3.63, 3.8) is 0 Å². The highest BCUT2D eigenvalue weighted by Crippen LogP contribution is 2.23. The summed E-state index contributed by atoms with van der Waals surface area (Å²) in [4.78, 5) is 11.7. The van der Waals surface area contributed by atoms with E-state index in [9.17, 15) is 9.90 Å². The molecule has 0 aliphatic carbocycles. The highest BCUT2D eigenvalue weighted by molar-refractivity contribution is 6.35. The van der Waals surface area contributed by atoms with Crippen molar-refractivity contribution in [1.29, 1.82) is 0 Å². The Morgan fingerprint density at radius 1 is 0.848 bits per heavy atom. The first kappa shape index (κ1) is 23.2. The summed E-state index contributed by atoms with van der Waals surface area (Å²) in [6.45, 7) is 1.03. The maximum absolute atomic E-state index is 11.7. The van der Waals surface area contributed by atoms with Gasteiger partial charge in [-0.05, 0) is 71.1 Å². The van der Waals surface area contributed by atoms with Crippen LogP contribution in [0, 0.1) is 0 Å². The lowest BCUT2D eigenvalue weighted by atomic mass is 10.1. The Hall–Kier alpha value is -2.92.